The van der Waals surface area contributed by atoms with Crippen LogP contribution in [0, 0.1) is 0 Å². The third kappa shape index (κ3) is 3.91. The maximum absolute atomic E-state index is 13.5. The van der Waals surface area contributed by atoms with Crippen molar-refractivity contribution in [2.45, 2.75) is 32.2 Å². The van der Waals surface area contributed by atoms with Gasteiger partial charge >= 0.3 is 0 Å². The van der Waals surface area contributed by atoms with Crippen molar-refractivity contribution in [1.29, 1.82) is 0 Å². The van der Waals surface area contributed by atoms with Gasteiger partial charge in [-0.25, -0.2) is 14.5 Å². The number of nitrogens with zero attached hydrogens (tertiary/aromatic N) is 5. The number of hydrogen-bond acceptors (Lipinski definition) is 6. The molecule has 0 saturated carbocycles. The maximum atomic E-state index is 13.5. The summed E-state index contributed by atoms with van der Waals surface area (Å²) >= 11 is 12.8. The van der Waals surface area contributed by atoms with Gasteiger partial charge in [-0.2, -0.15) is 4.98 Å². The van der Waals surface area contributed by atoms with Crippen LogP contribution in [0.1, 0.15) is 24.5 Å². The van der Waals surface area contributed by atoms with Gasteiger partial charge in [0.25, 0.3) is 5.56 Å². The summed E-state index contributed by atoms with van der Waals surface area (Å²) in [7, 11) is 0. The Morgan fingerprint density at radius 3 is 2.69 bits per heavy atom. The van der Waals surface area contributed by atoms with E-state index in [1.807, 2.05) is 6.07 Å². The van der Waals surface area contributed by atoms with Crippen LogP contribution in [-0.2, 0) is 12.8 Å². The number of halogens is 2. The minimum atomic E-state index is -0.353. The number of benzene rings is 2. The van der Waals surface area contributed by atoms with Crippen LogP contribution >= 0.6 is 23.2 Å². The molecule has 8 nitrogen and oxygen atoms in total. The molecule has 10 heteroatoms. The van der Waals surface area contributed by atoms with Crippen molar-refractivity contribution in [3.63, 3.8) is 0 Å². The number of rotatable bonds is 6. The van der Waals surface area contributed by atoms with Crippen LogP contribution in [-0.4, -0.2) is 36.5 Å². The van der Waals surface area contributed by atoms with Crippen LogP contribution in [0.3, 0.4) is 0 Å². The quantitative estimate of drug-likeness (QED) is 0.330. The molecule has 0 bridgehead atoms. The number of imidazole rings is 1. The summed E-state index contributed by atoms with van der Waals surface area (Å²) in [6.07, 6.45) is 8.04. The van der Waals surface area contributed by atoms with Crippen molar-refractivity contribution >= 4 is 51.6 Å². The van der Waals surface area contributed by atoms with E-state index in [1.165, 1.54) is 21.9 Å². The van der Waals surface area contributed by atoms with Crippen LogP contribution in [0.2, 0.25) is 10.0 Å². The zero-order chi connectivity index (χ0) is 24.8. The van der Waals surface area contributed by atoms with E-state index in [-0.39, 0.29) is 5.56 Å². The summed E-state index contributed by atoms with van der Waals surface area (Å²) in [5.74, 6) is 0.749. The molecule has 0 saturated heterocycles. The molecule has 1 aliphatic carbocycles. The van der Waals surface area contributed by atoms with Crippen molar-refractivity contribution in [1.82, 2.24) is 29.2 Å². The monoisotopic (exact) mass is 519 g/mol. The molecule has 5 aromatic rings. The van der Waals surface area contributed by atoms with E-state index in [2.05, 4.69) is 44.6 Å². The predicted octanol–water partition coefficient (Wildman–Crippen LogP) is 4.95. The Morgan fingerprint density at radius 1 is 1.08 bits per heavy atom. The smallest absolute Gasteiger partial charge is 0.270 e. The van der Waals surface area contributed by atoms with Crippen molar-refractivity contribution in [2.75, 3.05) is 11.9 Å². The van der Waals surface area contributed by atoms with E-state index in [4.69, 9.17) is 23.2 Å². The van der Waals surface area contributed by atoms with Gasteiger partial charge in [0.1, 0.15) is 5.39 Å². The summed E-state index contributed by atoms with van der Waals surface area (Å²) in [6.45, 7) is 3.21. The number of aromatic nitrogens is 5. The molecule has 0 fully saturated rings. The normalized spacial score (nSPS) is 15.0. The fraction of sp³-hybridized carbons (Fsp3) is 0.231. The molecule has 1 unspecified atom stereocenters. The fourth-order valence-corrected chi connectivity index (χ4v) is 5.39. The van der Waals surface area contributed by atoms with Gasteiger partial charge in [-0.1, -0.05) is 42.3 Å². The standard InChI is InChI=1S/C26H23Cl2N7O/c1-2-8-29-18-11-15-6-7-17(12-16(15)13-18)32-25-31-14-19-23(33-25)34-10-9-30-26(34)35(24(19)36)22-20(27)4-3-5-21(22)28/h3-7,9-10,12,14,18,29H,2,8,11,13H2,1H3,(H,31,32,33). The van der Waals surface area contributed by atoms with Crippen LogP contribution in [0.4, 0.5) is 11.6 Å². The molecule has 0 aliphatic heterocycles. The Morgan fingerprint density at radius 2 is 1.89 bits per heavy atom. The Bertz CT molecular complexity index is 1660. The van der Waals surface area contributed by atoms with Gasteiger partial charge < -0.3 is 10.6 Å². The first-order valence-corrected chi connectivity index (χ1v) is 12.6. The third-order valence-electron chi connectivity index (χ3n) is 6.49. The molecule has 0 amide bonds. The lowest BCUT2D eigenvalue weighted by atomic mass is 10.1. The molecule has 1 aliphatic rings. The van der Waals surface area contributed by atoms with Gasteiger partial charge in [0, 0.05) is 30.3 Å². The number of hydrogen-bond donors (Lipinski definition) is 2. The molecule has 0 radical (unpaired) electrons. The zero-order valence-corrected chi connectivity index (χ0v) is 21.0. The molecule has 0 spiro atoms. The van der Waals surface area contributed by atoms with E-state index in [0.29, 0.717) is 44.5 Å². The summed E-state index contributed by atoms with van der Waals surface area (Å²) in [5, 5.41) is 7.91. The highest BCUT2D eigenvalue weighted by molar-refractivity contribution is 6.37. The second-order valence-corrected chi connectivity index (χ2v) is 9.72. The summed E-state index contributed by atoms with van der Waals surface area (Å²) in [6, 6.07) is 11.9. The molecule has 36 heavy (non-hydrogen) atoms. The average Bonchev–Trinajstić information content (AvgIpc) is 3.51. The van der Waals surface area contributed by atoms with E-state index in [9.17, 15) is 4.79 Å². The third-order valence-corrected chi connectivity index (χ3v) is 7.10. The lowest BCUT2D eigenvalue weighted by Crippen LogP contribution is -2.29. The highest BCUT2D eigenvalue weighted by atomic mass is 35.5. The van der Waals surface area contributed by atoms with Crippen LogP contribution in [0.25, 0.3) is 22.5 Å². The Hall–Kier alpha value is -3.46. The number of para-hydroxylation sites is 1. The molecule has 2 aromatic carbocycles. The van der Waals surface area contributed by atoms with E-state index >= 15 is 0 Å². The average molecular weight is 520 g/mol. The topological polar surface area (TPSA) is 89.1 Å². The first-order valence-electron chi connectivity index (χ1n) is 11.8. The van der Waals surface area contributed by atoms with Crippen LogP contribution in [0.15, 0.2) is 59.8 Å². The number of anilines is 2. The molecule has 182 valence electrons. The minimum Gasteiger partial charge on any atom is -0.324 e. The summed E-state index contributed by atoms with van der Waals surface area (Å²) in [5.41, 5.74) is 4.06. The SMILES string of the molecule is CCCNC1Cc2ccc(Nc3ncc4c(=O)n(-c5c(Cl)cccc5Cl)c5nccn5c4n3)cc2C1. The largest absolute Gasteiger partial charge is 0.324 e. The Kier molecular flexibility index (Phi) is 5.87. The lowest BCUT2D eigenvalue weighted by molar-refractivity contribution is 0.532. The summed E-state index contributed by atoms with van der Waals surface area (Å²) in [4.78, 5) is 27.0. The van der Waals surface area contributed by atoms with E-state index in [0.717, 1.165) is 31.5 Å². The maximum Gasteiger partial charge on any atom is 0.270 e. The van der Waals surface area contributed by atoms with Crippen molar-refractivity contribution < 1.29 is 0 Å². The van der Waals surface area contributed by atoms with Gasteiger partial charge in [-0.3, -0.25) is 9.20 Å². The Labute approximate surface area is 216 Å². The molecule has 3 aromatic heterocycles. The van der Waals surface area contributed by atoms with Crippen LogP contribution in [0.5, 0.6) is 0 Å². The van der Waals surface area contributed by atoms with Gasteiger partial charge in [0.05, 0.1) is 15.7 Å². The number of fused-ring (bicyclic) bond motifs is 4. The van der Waals surface area contributed by atoms with Crippen molar-refractivity contribution in [3.8, 4) is 5.69 Å². The zero-order valence-electron chi connectivity index (χ0n) is 19.5. The second-order valence-electron chi connectivity index (χ2n) is 8.91. The van der Waals surface area contributed by atoms with Crippen molar-refractivity contribution in [2.24, 2.45) is 0 Å². The second kappa shape index (κ2) is 9.20. The molecular formula is C26H23Cl2N7O. The fourth-order valence-electron chi connectivity index (χ4n) is 4.83. The molecule has 1 atom stereocenters. The van der Waals surface area contributed by atoms with Gasteiger partial charge in [-0.05, 0) is 61.2 Å². The van der Waals surface area contributed by atoms with Crippen molar-refractivity contribution in [3.05, 3.63) is 86.5 Å². The molecule has 2 N–H and O–H groups in total. The highest BCUT2D eigenvalue weighted by Gasteiger charge is 2.22. The predicted molar refractivity (Wildman–Crippen MR) is 143 cm³/mol. The Balaban J connectivity index is 1.39. The highest BCUT2D eigenvalue weighted by Crippen LogP contribution is 2.30. The molecule has 6 rings (SSSR count). The van der Waals surface area contributed by atoms with Gasteiger partial charge in [0.15, 0.2) is 5.65 Å². The van der Waals surface area contributed by atoms with E-state index < -0.39 is 0 Å². The van der Waals surface area contributed by atoms with Crippen LogP contribution < -0.4 is 16.2 Å². The molecular weight excluding hydrogens is 497 g/mol. The van der Waals surface area contributed by atoms with Gasteiger partial charge in [-0.15, -0.1) is 0 Å². The van der Waals surface area contributed by atoms with E-state index in [1.54, 1.807) is 35.0 Å². The minimum absolute atomic E-state index is 0.320. The first-order chi connectivity index (χ1) is 17.5. The summed E-state index contributed by atoms with van der Waals surface area (Å²) < 4.78 is 3.13. The van der Waals surface area contributed by atoms with Gasteiger partial charge in [0.2, 0.25) is 11.7 Å². The lowest BCUT2D eigenvalue weighted by Gasteiger charge is -2.14. The number of nitrogens with one attached hydrogen (secondary N) is 2. The molecule has 3 heterocycles. The first kappa shape index (κ1) is 23.0.